The van der Waals surface area contributed by atoms with Gasteiger partial charge in [-0.3, -0.25) is 4.79 Å². The van der Waals surface area contributed by atoms with E-state index >= 15 is 0 Å². The molecule has 0 spiro atoms. The number of amides is 1. The number of thiophene rings is 1. The lowest BCUT2D eigenvalue weighted by atomic mass is 10.2. The van der Waals surface area contributed by atoms with Gasteiger partial charge in [-0.15, -0.1) is 11.3 Å². The van der Waals surface area contributed by atoms with Crippen LogP contribution in [0.5, 0.6) is 5.75 Å². The first-order chi connectivity index (χ1) is 12.2. The van der Waals surface area contributed by atoms with Crippen LogP contribution in [0.2, 0.25) is 5.02 Å². The van der Waals surface area contributed by atoms with Crippen LogP contribution in [0.15, 0.2) is 71.1 Å². The van der Waals surface area contributed by atoms with Gasteiger partial charge in [0.2, 0.25) is 0 Å². The van der Waals surface area contributed by atoms with Crippen LogP contribution in [0, 0.1) is 0 Å². The quantitative estimate of drug-likeness (QED) is 0.503. The Bertz CT molecular complexity index is 861. The van der Waals surface area contributed by atoms with Crippen molar-refractivity contribution in [1.29, 1.82) is 0 Å². The Labute approximate surface area is 154 Å². The molecule has 0 atom stereocenters. The lowest BCUT2D eigenvalue weighted by Crippen LogP contribution is -2.16. The van der Waals surface area contributed by atoms with E-state index in [0.29, 0.717) is 16.5 Å². The highest BCUT2D eigenvalue weighted by molar-refractivity contribution is 7.12. The van der Waals surface area contributed by atoms with Crippen LogP contribution in [0.4, 0.5) is 0 Å². The molecule has 1 heterocycles. The molecule has 0 radical (unpaired) electrons. The predicted octanol–water partition coefficient (Wildman–Crippen LogP) is 4.74. The molecule has 1 aromatic heterocycles. The van der Waals surface area contributed by atoms with Gasteiger partial charge < -0.3 is 4.74 Å². The van der Waals surface area contributed by atoms with Gasteiger partial charge in [0.05, 0.1) is 11.1 Å². The average Bonchev–Trinajstić information content (AvgIpc) is 3.17. The molecule has 0 aliphatic rings. The van der Waals surface area contributed by atoms with Gasteiger partial charge in [-0.05, 0) is 47.3 Å². The van der Waals surface area contributed by atoms with Crippen molar-refractivity contribution < 1.29 is 9.53 Å². The standard InChI is InChI=1S/C19H15ClN2O2S/c20-17-5-2-1-4-15(17)13-24-16-9-7-14(8-10-16)12-21-22-19(23)18-6-3-11-25-18/h1-12H,13H2,(H,22,23)/b21-12-. The van der Waals surface area contributed by atoms with Crippen LogP contribution >= 0.6 is 22.9 Å². The molecule has 4 nitrogen and oxygen atoms in total. The lowest BCUT2D eigenvalue weighted by molar-refractivity contribution is 0.0959. The van der Waals surface area contributed by atoms with Gasteiger partial charge in [0.1, 0.15) is 12.4 Å². The average molecular weight is 371 g/mol. The molecule has 2 aromatic carbocycles. The lowest BCUT2D eigenvalue weighted by Gasteiger charge is -2.07. The minimum absolute atomic E-state index is 0.217. The topological polar surface area (TPSA) is 50.7 Å². The van der Waals surface area contributed by atoms with Crippen molar-refractivity contribution in [2.45, 2.75) is 6.61 Å². The van der Waals surface area contributed by atoms with E-state index in [1.165, 1.54) is 11.3 Å². The van der Waals surface area contributed by atoms with Crippen LogP contribution in [0.1, 0.15) is 20.8 Å². The van der Waals surface area contributed by atoms with E-state index in [-0.39, 0.29) is 5.91 Å². The van der Waals surface area contributed by atoms with E-state index in [1.807, 2.05) is 60.0 Å². The van der Waals surface area contributed by atoms with E-state index in [1.54, 1.807) is 12.3 Å². The third kappa shape index (κ3) is 4.92. The molecule has 126 valence electrons. The summed E-state index contributed by atoms with van der Waals surface area (Å²) < 4.78 is 5.72. The van der Waals surface area contributed by atoms with Crippen molar-refractivity contribution >= 4 is 35.1 Å². The van der Waals surface area contributed by atoms with E-state index in [2.05, 4.69) is 10.5 Å². The summed E-state index contributed by atoms with van der Waals surface area (Å²) in [5.41, 5.74) is 4.29. The first-order valence-electron chi connectivity index (χ1n) is 7.55. The van der Waals surface area contributed by atoms with Crippen LogP contribution in [-0.2, 0) is 6.61 Å². The summed E-state index contributed by atoms with van der Waals surface area (Å²) in [4.78, 5) is 12.4. The minimum Gasteiger partial charge on any atom is -0.489 e. The maximum atomic E-state index is 11.8. The zero-order valence-electron chi connectivity index (χ0n) is 13.2. The van der Waals surface area contributed by atoms with Gasteiger partial charge in [-0.2, -0.15) is 5.10 Å². The largest absolute Gasteiger partial charge is 0.489 e. The summed E-state index contributed by atoms with van der Waals surface area (Å²) in [5.74, 6) is 0.519. The third-order valence-electron chi connectivity index (χ3n) is 3.36. The van der Waals surface area contributed by atoms with E-state index in [0.717, 1.165) is 16.9 Å². The Morgan fingerprint density at radius 2 is 1.92 bits per heavy atom. The fourth-order valence-corrected chi connectivity index (χ4v) is 2.86. The number of hydrazone groups is 1. The number of carbonyl (C=O) groups excluding carboxylic acids is 1. The van der Waals surface area contributed by atoms with Crippen LogP contribution < -0.4 is 10.2 Å². The van der Waals surface area contributed by atoms with Gasteiger partial charge in [0.15, 0.2) is 0 Å². The van der Waals surface area contributed by atoms with Crippen molar-refractivity contribution in [3.63, 3.8) is 0 Å². The number of rotatable bonds is 6. The first kappa shape index (κ1) is 17.2. The minimum atomic E-state index is -0.217. The summed E-state index contributed by atoms with van der Waals surface area (Å²) >= 11 is 7.48. The molecular formula is C19H15ClN2O2S. The normalized spacial score (nSPS) is 10.8. The van der Waals surface area contributed by atoms with Crippen molar-refractivity contribution in [2.75, 3.05) is 0 Å². The molecule has 0 unspecified atom stereocenters. The monoisotopic (exact) mass is 370 g/mol. The number of nitrogens with zero attached hydrogens (tertiary/aromatic N) is 1. The molecule has 0 fully saturated rings. The number of hydrogen-bond acceptors (Lipinski definition) is 4. The fraction of sp³-hybridized carbons (Fsp3) is 0.0526. The highest BCUT2D eigenvalue weighted by atomic mass is 35.5. The number of carbonyl (C=O) groups is 1. The van der Waals surface area contributed by atoms with Crippen molar-refractivity contribution in [3.05, 3.63) is 87.1 Å². The predicted molar refractivity (Wildman–Crippen MR) is 102 cm³/mol. The molecule has 6 heteroatoms. The van der Waals surface area contributed by atoms with Gasteiger partial charge in [-0.1, -0.05) is 35.9 Å². The summed E-state index contributed by atoms with van der Waals surface area (Å²) in [6, 6.07) is 18.6. The molecule has 0 aliphatic heterocycles. The number of halogens is 1. The Morgan fingerprint density at radius 1 is 1.12 bits per heavy atom. The van der Waals surface area contributed by atoms with E-state index in [4.69, 9.17) is 16.3 Å². The molecular weight excluding hydrogens is 356 g/mol. The number of hydrogen-bond donors (Lipinski definition) is 1. The second-order valence-corrected chi connectivity index (χ2v) is 6.48. The first-order valence-corrected chi connectivity index (χ1v) is 8.81. The molecule has 0 bridgehead atoms. The summed E-state index contributed by atoms with van der Waals surface area (Å²) in [5, 5.41) is 6.49. The summed E-state index contributed by atoms with van der Waals surface area (Å²) in [6.45, 7) is 0.407. The molecule has 1 amide bonds. The highest BCUT2D eigenvalue weighted by Gasteiger charge is 2.04. The molecule has 3 aromatic rings. The Kier molecular flexibility index (Phi) is 5.82. The van der Waals surface area contributed by atoms with Crippen LogP contribution in [-0.4, -0.2) is 12.1 Å². The Morgan fingerprint density at radius 3 is 2.64 bits per heavy atom. The smallest absolute Gasteiger partial charge is 0.281 e. The highest BCUT2D eigenvalue weighted by Crippen LogP contribution is 2.18. The molecule has 0 saturated heterocycles. The summed E-state index contributed by atoms with van der Waals surface area (Å²) in [7, 11) is 0. The van der Waals surface area contributed by atoms with E-state index < -0.39 is 0 Å². The third-order valence-corrected chi connectivity index (χ3v) is 4.59. The molecule has 0 aliphatic carbocycles. The Balaban J connectivity index is 1.52. The Hall–Kier alpha value is -2.63. The summed E-state index contributed by atoms with van der Waals surface area (Å²) in [6.07, 6.45) is 1.59. The molecule has 25 heavy (non-hydrogen) atoms. The molecule has 0 saturated carbocycles. The van der Waals surface area contributed by atoms with Crippen LogP contribution in [0.25, 0.3) is 0 Å². The van der Waals surface area contributed by atoms with Crippen molar-refractivity contribution in [2.24, 2.45) is 5.10 Å². The van der Waals surface area contributed by atoms with Gasteiger partial charge in [0.25, 0.3) is 5.91 Å². The van der Waals surface area contributed by atoms with Crippen molar-refractivity contribution in [3.8, 4) is 5.75 Å². The van der Waals surface area contributed by atoms with E-state index in [9.17, 15) is 4.79 Å². The van der Waals surface area contributed by atoms with Gasteiger partial charge >= 0.3 is 0 Å². The van der Waals surface area contributed by atoms with Gasteiger partial charge in [-0.25, -0.2) is 5.43 Å². The van der Waals surface area contributed by atoms with Crippen LogP contribution in [0.3, 0.4) is 0 Å². The second kappa shape index (κ2) is 8.46. The van der Waals surface area contributed by atoms with Gasteiger partial charge in [0, 0.05) is 10.6 Å². The maximum Gasteiger partial charge on any atom is 0.281 e. The zero-order chi connectivity index (χ0) is 17.5. The molecule has 1 N–H and O–H groups in total. The SMILES string of the molecule is O=C(N/N=C\c1ccc(OCc2ccccc2Cl)cc1)c1cccs1. The molecule has 3 rings (SSSR count). The number of nitrogens with one attached hydrogen (secondary N) is 1. The van der Waals surface area contributed by atoms with Crippen molar-refractivity contribution in [1.82, 2.24) is 5.43 Å². The maximum absolute atomic E-state index is 11.8. The fourth-order valence-electron chi connectivity index (χ4n) is 2.05. The number of ether oxygens (including phenoxy) is 1. The second-order valence-electron chi connectivity index (χ2n) is 5.13. The number of benzene rings is 2. The zero-order valence-corrected chi connectivity index (χ0v) is 14.8.